The molecule has 0 aliphatic carbocycles. The third-order valence-electron chi connectivity index (χ3n) is 4.73. The maximum absolute atomic E-state index is 12.2. The number of halogens is 1. The van der Waals surface area contributed by atoms with Crippen molar-refractivity contribution in [3.63, 3.8) is 0 Å². The van der Waals surface area contributed by atoms with Crippen LogP contribution in [0.15, 0.2) is 89.1 Å². The average Bonchev–Trinajstić information content (AvgIpc) is 3.18. The Bertz CT molecular complexity index is 1220. The Labute approximate surface area is 206 Å². The average molecular weight is 493 g/mol. The van der Waals surface area contributed by atoms with E-state index in [4.69, 9.17) is 16.3 Å². The number of anilines is 1. The van der Waals surface area contributed by atoms with Crippen LogP contribution in [0.3, 0.4) is 0 Å². The summed E-state index contributed by atoms with van der Waals surface area (Å²) in [6.45, 7) is 0.420. The first kappa shape index (κ1) is 23.5. The number of carbonyl (C=O) groups is 2. The van der Waals surface area contributed by atoms with Gasteiger partial charge in [-0.05, 0) is 59.7 Å². The standard InChI is InChI=1S/C25H21ClN4O3S/c26-19-6-4-5-18(13-19)16-33-21-11-9-17(10-12-21)15-27-30-25-29-24(32)22(34-25)14-23(31)28-20-7-2-1-3-8-20/h1-13,15,22H,14,16H2,(H,28,31)(H,29,30,32). The highest BCUT2D eigenvalue weighted by Gasteiger charge is 2.32. The summed E-state index contributed by atoms with van der Waals surface area (Å²) in [5, 5.41) is 14.0. The van der Waals surface area contributed by atoms with Crippen molar-refractivity contribution in [3.05, 3.63) is 95.0 Å². The molecule has 172 valence electrons. The molecule has 2 N–H and O–H groups in total. The van der Waals surface area contributed by atoms with Gasteiger partial charge in [-0.2, -0.15) is 5.10 Å². The number of nitrogens with zero attached hydrogens (tertiary/aromatic N) is 2. The molecule has 9 heteroatoms. The summed E-state index contributed by atoms with van der Waals surface area (Å²) in [5.74, 6) is 0.225. The number of ether oxygens (including phenoxy) is 1. The van der Waals surface area contributed by atoms with Crippen LogP contribution in [0.25, 0.3) is 0 Å². The van der Waals surface area contributed by atoms with Crippen LogP contribution in [0, 0.1) is 0 Å². The Morgan fingerprint density at radius 3 is 2.65 bits per heavy atom. The zero-order valence-electron chi connectivity index (χ0n) is 18.0. The van der Waals surface area contributed by atoms with Crippen LogP contribution in [0.5, 0.6) is 5.75 Å². The zero-order chi connectivity index (χ0) is 23.8. The highest BCUT2D eigenvalue weighted by atomic mass is 35.5. The number of thioether (sulfide) groups is 1. The predicted molar refractivity (Wildman–Crippen MR) is 136 cm³/mol. The van der Waals surface area contributed by atoms with Crippen LogP contribution in [-0.2, 0) is 16.2 Å². The summed E-state index contributed by atoms with van der Waals surface area (Å²) >= 11 is 7.17. The molecule has 0 bridgehead atoms. The fourth-order valence-corrected chi connectivity index (χ4v) is 4.22. The largest absolute Gasteiger partial charge is 0.489 e. The molecule has 0 saturated carbocycles. The van der Waals surface area contributed by atoms with Gasteiger partial charge in [-0.1, -0.05) is 53.7 Å². The molecule has 1 heterocycles. The van der Waals surface area contributed by atoms with Crippen molar-refractivity contribution in [2.45, 2.75) is 18.3 Å². The van der Waals surface area contributed by atoms with E-state index in [-0.39, 0.29) is 18.2 Å². The van der Waals surface area contributed by atoms with Crippen molar-refractivity contribution in [1.82, 2.24) is 5.32 Å². The number of benzene rings is 3. The monoisotopic (exact) mass is 492 g/mol. The molecule has 1 fully saturated rings. The van der Waals surface area contributed by atoms with E-state index in [2.05, 4.69) is 20.8 Å². The lowest BCUT2D eigenvalue weighted by molar-refractivity contribution is -0.122. The van der Waals surface area contributed by atoms with Crippen molar-refractivity contribution in [3.8, 4) is 5.75 Å². The molecule has 3 aromatic carbocycles. The Kier molecular flexibility index (Phi) is 7.95. The van der Waals surface area contributed by atoms with Gasteiger partial charge >= 0.3 is 0 Å². The second-order valence-electron chi connectivity index (χ2n) is 7.35. The van der Waals surface area contributed by atoms with Gasteiger partial charge in [0.1, 0.15) is 17.6 Å². The molecule has 1 unspecified atom stereocenters. The van der Waals surface area contributed by atoms with Gasteiger partial charge in [0.25, 0.3) is 0 Å². The van der Waals surface area contributed by atoms with Gasteiger partial charge in [0.05, 0.1) is 6.21 Å². The van der Waals surface area contributed by atoms with Gasteiger partial charge in [0.2, 0.25) is 11.8 Å². The number of amides is 2. The molecule has 0 radical (unpaired) electrons. The molecular formula is C25H21ClN4O3S. The van der Waals surface area contributed by atoms with Gasteiger partial charge in [-0.25, -0.2) is 0 Å². The molecule has 3 aromatic rings. The Hall–Kier alpha value is -3.62. The van der Waals surface area contributed by atoms with E-state index in [1.54, 1.807) is 18.3 Å². The summed E-state index contributed by atoms with van der Waals surface area (Å²) in [6, 6.07) is 24.0. The second kappa shape index (κ2) is 11.5. The van der Waals surface area contributed by atoms with Crippen LogP contribution in [0.2, 0.25) is 5.02 Å². The Morgan fingerprint density at radius 2 is 1.88 bits per heavy atom. The summed E-state index contributed by atoms with van der Waals surface area (Å²) < 4.78 is 5.77. The van der Waals surface area contributed by atoms with Crippen LogP contribution < -0.4 is 15.4 Å². The van der Waals surface area contributed by atoms with E-state index in [1.807, 2.05) is 66.7 Å². The lowest BCUT2D eigenvalue weighted by Crippen LogP contribution is -2.28. The minimum Gasteiger partial charge on any atom is -0.489 e. The number of hydrogen-bond acceptors (Lipinski definition) is 6. The zero-order valence-corrected chi connectivity index (χ0v) is 19.6. The quantitative estimate of drug-likeness (QED) is 0.346. The molecule has 1 atom stereocenters. The first-order valence-corrected chi connectivity index (χ1v) is 11.7. The van der Waals surface area contributed by atoms with Crippen molar-refractivity contribution in [2.24, 2.45) is 10.2 Å². The number of para-hydroxylation sites is 1. The minimum absolute atomic E-state index is 0.0464. The summed E-state index contributed by atoms with van der Waals surface area (Å²) in [4.78, 5) is 24.4. The lowest BCUT2D eigenvalue weighted by atomic mass is 10.2. The fourth-order valence-electron chi connectivity index (χ4n) is 3.08. The molecule has 1 aliphatic heterocycles. The van der Waals surface area contributed by atoms with Gasteiger partial charge in [0.15, 0.2) is 5.17 Å². The van der Waals surface area contributed by atoms with E-state index in [0.29, 0.717) is 22.5 Å². The molecule has 7 nitrogen and oxygen atoms in total. The van der Waals surface area contributed by atoms with Crippen molar-refractivity contribution in [2.75, 3.05) is 5.32 Å². The van der Waals surface area contributed by atoms with E-state index < -0.39 is 5.25 Å². The van der Waals surface area contributed by atoms with Crippen molar-refractivity contribution >= 4 is 52.2 Å². The SMILES string of the molecule is O=C(CC1SC(=NN=Cc2ccc(OCc3cccc(Cl)c3)cc2)NC1=O)Nc1ccccc1. The number of amidine groups is 1. The third-order valence-corrected chi connectivity index (χ3v) is 6.04. The number of nitrogens with one attached hydrogen (secondary N) is 2. The van der Waals surface area contributed by atoms with E-state index in [9.17, 15) is 9.59 Å². The summed E-state index contributed by atoms with van der Waals surface area (Å²) in [7, 11) is 0. The van der Waals surface area contributed by atoms with Crippen LogP contribution >= 0.6 is 23.4 Å². The molecule has 1 saturated heterocycles. The Morgan fingerprint density at radius 1 is 1.09 bits per heavy atom. The maximum atomic E-state index is 12.2. The molecular weight excluding hydrogens is 472 g/mol. The third kappa shape index (κ3) is 6.94. The fraction of sp³-hybridized carbons (Fsp3) is 0.120. The van der Waals surface area contributed by atoms with Gasteiger partial charge in [0, 0.05) is 17.1 Å². The number of rotatable bonds is 8. The second-order valence-corrected chi connectivity index (χ2v) is 8.98. The number of carbonyl (C=O) groups excluding carboxylic acids is 2. The normalized spacial score (nSPS) is 16.6. The molecule has 34 heavy (non-hydrogen) atoms. The Balaban J connectivity index is 1.26. The highest BCUT2D eigenvalue weighted by Crippen LogP contribution is 2.23. The summed E-state index contributed by atoms with van der Waals surface area (Å²) in [6.07, 6.45) is 1.63. The summed E-state index contributed by atoms with van der Waals surface area (Å²) in [5.41, 5.74) is 2.50. The van der Waals surface area contributed by atoms with Crippen molar-refractivity contribution in [1.29, 1.82) is 0 Å². The van der Waals surface area contributed by atoms with Crippen molar-refractivity contribution < 1.29 is 14.3 Å². The predicted octanol–water partition coefficient (Wildman–Crippen LogP) is 4.87. The molecule has 0 spiro atoms. The molecule has 2 amide bonds. The van der Waals surface area contributed by atoms with E-state index >= 15 is 0 Å². The van der Waals surface area contributed by atoms with Gasteiger partial charge in [-0.15, -0.1) is 5.10 Å². The first-order valence-electron chi connectivity index (χ1n) is 10.5. The van der Waals surface area contributed by atoms with E-state index in [1.165, 1.54) is 11.8 Å². The van der Waals surface area contributed by atoms with Crippen LogP contribution in [0.1, 0.15) is 17.5 Å². The van der Waals surface area contributed by atoms with E-state index in [0.717, 1.165) is 16.9 Å². The minimum atomic E-state index is -0.548. The molecule has 0 aromatic heterocycles. The maximum Gasteiger partial charge on any atom is 0.240 e. The van der Waals surface area contributed by atoms with Crippen LogP contribution in [-0.4, -0.2) is 28.4 Å². The van der Waals surface area contributed by atoms with Gasteiger partial charge in [-0.3, -0.25) is 9.59 Å². The molecule has 4 rings (SSSR count). The topological polar surface area (TPSA) is 92.2 Å². The van der Waals surface area contributed by atoms with Crippen LogP contribution in [0.4, 0.5) is 5.69 Å². The lowest BCUT2D eigenvalue weighted by Gasteiger charge is -2.07. The smallest absolute Gasteiger partial charge is 0.240 e. The molecule has 1 aliphatic rings. The highest BCUT2D eigenvalue weighted by molar-refractivity contribution is 8.15. The van der Waals surface area contributed by atoms with Gasteiger partial charge < -0.3 is 15.4 Å². The first-order chi connectivity index (χ1) is 16.5. The number of hydrogen-bond donors (Lipinski definition) is 2.